The maximum Gasteiger partial charge on any atom is 0.372 e. The molecule has 106 valence electrons. The van der Waals surface area contributed by atoms with Crippen LogP contribution in [0.1, 0.15) is 6.92 Å². The number of fused-ring (bicyclic) bond motifs is 1. The highest BCUT2D eigenvalue weighted by atomic mass is 16.6. The van der Waals surface area contributed by atoms with Crippen molar-refractivity contribution in [1.82, 2.24) is 14.3 Å². The maximum atomic E-state index is 11.4. The summed E-state index contributed by atoms with van der Waals surface area (Å²) in [6, 6.07) is 5.41. The van der Waals surface area contributed by atoms with E-state index in [0.717, 1.165) is 32.7 Å². The molecule has 0 N–H and O–H groups in total. The van der Waals surface area contributed by atoms with Gasteiger partial charge in [0.1, 0.15) is 0 Å². The molecule has 3 rings (SSSR count). The van der Waals surface area contributed by atoms with Crippen LogP contribution < -0.4 is 4.90 Å². The molecule has 0 bridgehead atoms. The van der Waals surface area contributed by atoms with Gasteiger partial charge in [-0.25, -0.2) is 0 Å². The van der Waals surface area contributed by atoms with Crippen LogP contribution in [0.15, 0.2) is 24.4 Å². The summed E-state index contributed by atoms with van der Waals surface area (Å²) in [5, 5.41) is 11.4. The molecule has 20 heavy (non-hydrogen) atoms. The van der Waals surface area contributed by atoms with Crippen LogP contribution in [-0.4, -0.2) is 51.9 Å². The first-order valence-electron chi connectivity index (χ1n) is 6.79. The van der Waals surface area contributed by atoms with E-state index in [1.807, 2.05) is 11.0 Å². The molecule has 1 fully saturated rings. The minimum atomic E-state index is -0.346. The zero-order valence-corrected chi connectivity index (χ0v) is 11.4. The number of piperazine rings is 1. The summed E-state index contributed by atoms with van der Waals surface area (Å²) >= 11 is 0. The van der Waals surface area contributed by atoms with Crippen molar-refractivity contribution in [3.05, 3.63) is 34.5 Å². The normalized spacial score (nSPS) is 16.8. The van der Waals surface area contributed by atoms with E-state index in [4.69, 9.17) is 0 Å². The summed E-state index contributed by atoms with van der Waals surface area (Å²) in [5.74, 6) is 0.544. The second-order valence-electron chi connectivity index (χ2n) is 4.87. The van der Waals surface area contributed by atoms with Crippen molar-refractivity contribution in [1.29, 1.82) is 0 Å². The molecule has 0 saturated carbocycles. The smallest absolute Gasteiger partial charge is 0.358 e. The Bertz CT molecular complexity index is 631. The molecule has 1 saturated heterocycles. The van der Waals surface area contributed by atoms with Crippen molar-refractivity contribution in [2.45, 2.75) is 6.92 Å². The number of likely N-dealkylation sites (N-methyl/N-ethyl adjacent to an activating group) is 1. The van der Waals surface area contributed by atoms with E-state index in [1.165, 1.54) is 0 Å². The quantitative estimate of drug-likeness (QED) is 0.625. The van der Waals surface area contributed by atoms with Crippen molar-refractivity contribution in [3.63, 3.8) is 0 Å². The average molecular weight is 275 g/mol. The van der Waals surface area contributed by atoms with Gasteiger partial charge in [-0.2, -0.15) is 9.38 Å². The Labute approximate surface area is 116 Å². The lowest BCUT2D eigenvalue weighted by Crippen LogP contribution is -2.46. The summed E-state index contributed by atoms with van der Waals surface area (Å²) in [5.41, 5.74) is 0.618. The van der Waals surface area contributed by atoms with Gasteiger partial charge in [-0.05, 0) is 17.5 Å². The zero-order chi connectivity index (χ0) is 14.1. The Morgan fingerprint density at radius 2 is 2.05 bits per heavy atom. The van der Waals surface area contributed by atoms with Gasteiger partial charge in [0.25, 0.3) is 0 Å². The molecule has 1 aliphatic rings. The molecule has 3 heterocycles. The van der Waals surface area contributed by atoms with Crippen LogP contribution in [0.5, 0.6) is 0 Å². The van der Waals surface area contributed by atoms with Crippen molar-refractivity contribution in [2.75, 3.05) is 37.6 Å². The molecule has 0 radical (unpaired) electrons. The fraction of sp³-hybridized carbons (Fsp3) is 0.462. The minimum absolute atomic E-state index is 0.0607. The minimum Gasteiger partial charge on any atom is -0.358 e. The van der Waals surface area contributed by atoms with E-state index < -0.39 is 0 Å². The lowest BCUT2D eigenvalue weighted by molar-refractivity contribution is -0.389. The van der Waals surface area contributed by atoms with E-state index in [2.05, 4.69) is 16.8 Å². The Morgan fingerprint density at radius 3 is 2.70 bits per heavy atom. The van der Waals surface area contributed by atoms with Crippen LogP contribution in [0.3, 0.4) is 0 Å². The van der Waals surface area contributed by atoms with Crippen molar-refractivity contribution in [3.8, 4) is 0 Å². The number of hydrogen-bond donors (Lipinski definition) is 0. The molecule has 0 aliphatic carbocycles. The Kier molecular flexibility index (Phi) is 3.27. The van der Waals surface area contributed by atoms with Gasteiger partial charge >= 0.3 is 5.82 Å². The van der Waals surface area contributed by atoms with Gasteiger partial charge in [0.2, 0.25) is 11.5 Å². The second kappa shape index (κ2) is 5.09. The molecule has 7 heteroatoms. The number of pyridine rings is 1. The molecule has 2 aromatic rings. The maximum absolute atomic E-state index is 11.4. The molecule has 0 amide bonds. The third kappa shape index (κ3) is 2.09. The molecule has 0 aromatic carbocycles. The molecule has 0 atom stereocenters. The molecule has 2 aromatic heterocycles. The zero-order valence-electron chi connectivity index (χ0n) is 11.4. The first-order chi connectivity index (χ1) is 9.70. The highest BCUT2D eigenvalue weighted by Crippen LogP contribution is 2.29. The topological polar surface area (TPSA) is 66.9 Å². The van der Waals surface area contributed by atoms with Crippen molar-refractivity contribution < 1.29 is 4.92 Å². The van der Waals surface area contributed by atoms with Crippen LogP contribution in [0.2, 0.25) is 0 Å². The third-order valence-corrected chi connectivity index (χ3v) is 3.78. The fourth-order valence-electron chi connectivity index (χ4n) is 2.63. The first-order valence-corrected chi connectivity index (χ1v) is 6.79. The molecule has 7 nitrogen and oxygen atoms in total. The van der Waals surface area contributed by atoms with Gasteiger partial charge in [0.15, 0.2) is 0 Å². The highest BCUT2D eigenvalue weighted by Gasteiger charge is 2.28. The van der Waals surface area contributed by atoms with Crippen LogP contribution >= 0.6 is 0 Å². The number of hydrogen-bond acceptors (Lipinski definition) is 5. The summed E-state index contributed by atoms with van der Waals surface area (Å²) in [6.45, 7) is 6.53. The van der Waals surface area contributed by atoms with Gasteiger partial charge < -0.3 is 19.9 Å². The van der Waals surface area contributed by atoms with Gasteiger partial charge in [-0.15, -0.1) is 0 Å². The molecular formula is C13H17N5O2. The molecule has 1 aliphatic heterocycles. The predicted molar refractivity (Wildman–Crippen MR) is 76.2 cm³/mol. The molecular weight excluding hydrogens is 258 g/mol. The van der Waals surface area contributed by atoms with E-state index in [9.17, 15) is 10.1 Å². The largest absolute Gasteiger partial charge is 0.372 e. The average Bonchev–Trinajstić information content (AvgIpc) is 2.86. The Morgan fingerprint density at radius 1 is 1.30 bits per heavy atom. The number of aromatic nitrogens is 2. The van der Waals surface area contributed by atoms with Gasteiger partial charge in [-0.3, -0.25) is 0 Å². The monoisotopic (exact) mass is 275 g/mol. The lowest BCUT2D eigenvalue weighted by Gasteiger charge is -2.33. The van der Waals surface area contributed by atoms with Crippen LogP contribution in [0.25, 0.3) is 5.65 Å². The SMILES string of the molecule is CCN1CCN(c2nc3ccccn3c2[N+](=O)[O-])CC1. The Hall–Kier alpha value is -2.15. The van der Waals surface area contributed by atoms with Crippen LogP contribution in [-0.2, 0) is 0 Å². The summed E-state index contributed by atoms with van der Waals surface area (Å²) in [4.78, 5) is 19.8. The first kappa shape index (κ1) is 12.9. The number of rotatable bonds is 3. The van der Waals surface area contributed by atoms with E-state index in [0.29, 0.717) is 11.5 Å². The predicted octanol–water partition coefficient (Wildman–Crippen LogP) is 1.38. The summed E-state index contributed by atoms with van der Waals surface area (Å²) in [7, 11) is 0. The number of nitrogens with zero attached hydrogens (tertiary/aromatic N) is 5. The Balaban J connectivity index is 1.99. The number of anilines is 1. The second-order valence-corrected chi connectivity index (χ2v) is 4.87. The van der Waals surface area contributed by atoms with Crippen LogP contribution in [0.4, 0.5) is 11.6 Å². The standard InChI is InChI=1S/C13H17N5O2/c1-2-15-7-9-16(10-8-15)12-13(18(19)20)17-6-4-3-5-11(17)14-12/h3-6H,2,7-10H2,1H3. The summed E-state index contributed by atoms with van der Waals surface area (Å²) < 4.78 is 1.54. The van der Waals surface area contributed by atoms with Crippen molar-refractivity contribution >= 4 is 17.3 Å². The molecule has 0 unspecified atom stereocenters. The van der Waals surface area contributed by atoms with Gasteiger partial charge in [0, 0.05) is 32.2 Å². The van der Waals surface area contributed by atoms with E-state index >= 15 is 0 Å². The third-order valence-electron chi connectivity index (χ3n) is 3.78. The van der Waals surface area contributed by atoms with E-state index in [1.54, 1.807) is 22.7 Å². The highest BCUT2D eigenvalue weighted by molar-refractivity contribution is 5.63. The van der Waals surface area contributed by atoms with E-state index in [-0.39, 0.29) is 10.7 Å². The van der Waals surface area contributed by atoms with Crippen molar-refractivity contribution in [2.24, 2.45) is 0 Å². The number of imidazole rings is 1. The summed E-state index contributed by atoms with van der Waals surface area (Å²) in [6.07, 6.45) is 1.69. The van der Waals surface area contributed by atoms with Crippen LogP contribution in [0, 0.1) is 10.1 Å². The molecule has 0 spiro atoms. The fourth-order valence-corrected chi connectivity index (χ4v) is 2.63. The van der Waals surface area contributed by atoms with Gasteiger partial charge in [-0.1, -0.05) is 13.0 Å². The van der Waals surface area contributed by atoms with Gasteiger partial charge in [0.05, 0.1) is 6.20 Å². The lowest BCUT2D eigenvalue weighted by atomic mass is 10.3. The number of nitro groups is 1.